The Morgan fingerprint density at radius 2 is 2.00 bits per heavy atom. The summed E-state index contributed by atoms with van der Waals surface area (Å²) in [4.78, 5) is 18.5. The van der Waals surface area contributed by atoms with Gasteiger partial charge in [-0.2, -0.15) is 9.29 Å². The number of nitrogens with zero attached hydrogens (tertiary/aromatic N) is 6. The number of hydrogen-bond donors (Lipinski definition) is 1. The second-order valence-electron chi connectivity index (χ2n) is 8.43. The van der Waals surface area contributed by atoms with Crippen molar-refractivity contribution in [1.29, 1.82) is 0 Å². The molecule has 12 heteroatoms. The molecule has 3 saturated heterocycles. The van der Waals surface area contributed by atoms with Gasteiger partial charge >= 0.3 is 0 Å². The summed E-state index contributed by atoms with van der Waals surface area (Å²) in [6.45, 7) is 5.86. The van der Waals surface area contributed by atoms with Crippen LogP contribution in [-0.2, 0) is 14.8 Å². The summed E-state index contributed by atoms with van der Waals surface area (Å²) in [7, 11) is -3.36. The van der Waals surface area contributed by atoms with Crippen molar-refractivity contribution in [2.45, 2.75) is 18.9 Å². The highest BCUT2D eigenvalue weighted by Crippen LogP contribution is 2.28. The predicted molar refractivity (Wildman–Crippen MR) is 124 cm³/mol. The highest BCUT2D eigenvalue weighted by atomic mass is 35.5. The molecule has 3 fully saturated rings. The molecular formula is C20H28ClN7O3S. The molecule has 0 radical (unpaired) electrons. The summed E-state index contributed by atoms with van der Waals surface area (Å²) in [5.74, 6) is 1.21. The molecular weight excluding hydrogens is 454 g/mol. The van der Waals surface area contributed by atoms with E-state index in [4.69, 9.17) is 26.3 Å². The fraction of sp³-hybridized carbons (Fsp3) is 0.650. The van der Waals surface area contributed by atoms with Crippen molar-refractivity contribution in [1.82, 2.24) is 24.2 Å². The standard InChI is InChI=1S/C20H28ClN7O3S/c21-18-12-16-17(13-23-18)24-20(27-6-5-26-4-1-2-15(26)14-27)25-19(16)22-3-11-32(29,30)28-7-9-31-10-8-28/h12-13,15H,1-11,14H2,(H,22,24,25). The van der Waals surface area contributed by atoms with Gasteiger partial charge < -0.3 is 15.0 Å². The first-order valence-electron chi connectivity index (χ1n) is 11.1. The van der Waals surface area contributed by atoms with E-state index >= 15 is 0 Å². The van der Waals surface area contributed by atoms with Gasteiger partial charge in [-0.15, -0.1) is 0 Å². The van der Waals surface area contributed by atoms with Gasteiger partial charge in [-0.3, -0.25) is 4.90 Å². The van der Waals surface area contributed by atoms with Crippen molar-refractivity contribution in [2.75, 3.05) is 75.0 Å². The number of sulfonamides is 1. The maximum absolute atomic E-state index is 12.7. The largest absolute Gasteiger partial charge is 0.379 e. The number of piperazine rings is 1. The summed E-state index contributed by atoms with van der Waals surface area (Å²) < 4.78 is 32.1. The molecule has 3 aliphatic rings. The molecule has 1 N–H and O–H groups in total. The number of pyridine rings is 1. The average Bonchev–Trinajstić information content (AvgIpc) is 3.27. The Hall–Kier alpha value is -1.79. The fourth-order valence-corrected chi connectivity index (χ4v) is 6.18. The van der Waals surface area contributed by atoms with Crippen LogP contribution in [-0.4, -0.2) is 103 Å². The Balaban J connectivity index is 1.35. The number of nitrogens with one attached hydrogen (secondary N) is 1. The lowest BCUT2D eigenvalue weighted by Gasteiger charge is -2.37. The second-order valence-corrected chi connectivity index (χ2v) is 10.9. The van der Waals surface area contributed by atoms with Gasteiger partial charge in [0, 0.05) is 50.7 Å². The van der Waals surface area contributed by atoms with Crippen LogP contribution in [0.2, 0.25) is 5.15 Å². The molecule has 10 nitrogen and oxygen atoms in total. The molecule has 1 unspecified atom stereocenters. The minimum absolute atomic E-state index is 0.0204. The van der Waals surface area contributed by atoms with Gasteiger partial charge in [-0.05, 0) is 25.5 Å². The van der Waals surface area contributed by atoms with Gasteiger partial charge in [0.25, 0.3) is 0 Å². The zero-order valence-electron chi connectivity index (χ0n) is 17.9. The molecule has 0 bridgehead atoms. The summed E-state index contributed by atoms with van der Waals surface area (Å²) in [6, 6.07) is 2.26. The fourth-order valence-electron chi connectivity index (χ4n) is 4.70. The number of hydrogen-bond acceptors (Lipinski definition) is 9. The Morgan fingerprint density at radius 1 is 1.16 bits per heavy atom. The Labute approximate surface area is 193 Å². The topological polar surface area (TPSA) is 104 Å². The number of halogens is 1. The zero-order valence-corrected chi connectivity index (χ0v) is 19.5. The molecule has 32 heavy (non-hydrogen) atoms. The van der Waals surface area contributed by atoms with Crippen LogP contribution >= 0.6 is 11.6 Å². The minimum Gasteiger partial charge on any atom is -0.379 e. The number of anilines is 2. The van der Waals surface area contributed by atoms with E-state index in [0.29, 0.717) is 54.8 Å². The molecule has 0 aliphatic carbocycles. The predicted octanol–water partition coefficient (Wildman–Crippen LogP) is 1.04. The lowest BCUT2D eigenvalue weighted by Crippen LogP contribution is -2.50. The smallest absolute Gasteiger partial charge is 0.228 e. The lowest BCUT2D eigenvalue weighted by atomic mass is 10.1. The molecule has 174 valence electrons. The van der Waals surface area contributed by atoms with Crippen LogP contribution < -0.4 is 10.2 Å². The van der Waals surface area contributed by atoms with Crippen molar-refractivity contribution < 1.29 is 13.2 Å². The lowest BCUT2D eigenvalue weighted by molar-refractivity contribution is 0.0731. The van der Waals surface area contributed by atoms with Crippen molar-refractivity contribution in [3.05, 3.63) is 17.4 Å². The molecule has 0 amide bonds. The molecule has 0 saturated carbocycles. The SMILES string of the molecule is O=S(=O)(CCNc1nc(N2CCN3CCCC3C2)nc2cnc(Cl)cc12)N1CCOCC1. The van der Waals surface area contributed by atoms with Crippen molar-refractivity contribution in [3.63, 3.8) is 0 Å². The molecule has 3 aliphatic heterocycles. The van der Waals surface area contributed by atoms with Crippen LogP contribution in [0.3, 0.4) is 0 Å². The first kappa shape index (κ1) is 22.0. The van der Waals surface area contributed by atoms with E-state index in [-0.39, 0.29) is 12.3 Å². The Kier molecular flexibility index (Phi) is 6.35. The van der Waals surface area contributed by atoms with E-state index < -0.39 is 10.0 Å². The maximum atomic E-state index is 12.7. The number of ether oxygens (including phenoxy) is 1. The third kappa shape index (κ3) is 4.62. The van der Waals surface area contributed by atoms with E-state index in [2.05, 4.69) is 20.1 Å². The minimum atomic E-state index is -3.36. The highest BCUT2D eigenvalue weighted by molar-refractivity contribution is 7.89. The highest BCUT2D eigenvalue weighted by Gasteiger charge is 2.32. The third-order valence-corrected chi connectivity index (χ3v) is 8.50. The monoisotopic (exact) mass is 481 g/mol. The summed E-state index contributed by atoms with van der Waals surface area (Å²) in [5.41, 5.74) is 0.687. The van der Waals surface area contributed by atoms with Crippen LogP contribution in [0.4, 0.5) is 11.8 Å². The molecule has 0 aromatic carbocycles. The van der Waals surface area contributed by atoms with Gasteiger partial charge in [0.15, 0.2) is 0 Å². The van der Waals surface area contributed by atoms with E-state index in [0.717, 1.165) is 25.0 Å². The quantitative estimate of drug-likeness (QED) is 0.606. The Bertz CT molecular complexity index is 1080. The number of rotatable bonds is 6. The maximum Gasteiger partial charge on any atom is 0.228 e. The van der Waals surface area contributed by atoms with Gasteiger partial charge in [0.05, 0.1) is 30.7 Å². The van der Waals surface area contributed by atoms with Crippen LogP contribution in [0, 0.1) is 0 Å². The van der Waals surface area contributed by atoms with Gasteiger partial charge in [0.2, 0.25) is 16.0 Å². The van der Waals surface area contributed by atoms with Crippen molar-refractivity contribution in [3.8, 4) is 0 Å². The first-order chi connectivity index (χ1) is 15.5. The molecule has 1 atom stereocenters. The average molecular weight is 482 g/mol. The van der Waals surface area contributed by atoms with Crippen LogP contribution in [0.25, 0.3) is 10.9 Å². The summed E-state index contributed by atoms with van der Waals surface area (Å²) >= 11 is 6.12. The zero-order chi connectivity index (χ0) is 22.1. The Morgan fingerprint density at radius 3 is 2.84 bits per heavy atom. The molecule has 5 rings (SSSR count). The van der Waals surface area contributed by atoms with E-state index in [1.54, 1.807) is 12.3 Å². The van der Waals surface area contributed by atoms with E-state index in [9.17, 15) is 8.42 Å². The normalized spacial score (nSPS) is 22.9. The molecule has 0 spiro atoms. The van der Waals surface area contributed by atoms with Crippen LogP contribution in [0.5, 0.6) is 0 Å². The summed E-state index contributed by atoms with van der Waals surface area (Å²) in [6.07, 6.45) is 4.08. The summed E-state index contributed by atoms with van der Waals surface area (Å²) in [5, 5.41) is 4.30. The van der Waals surface area contributed by atoms with Gasteiger partial charge in [-0.25, -0.2) is 18.4 Å². The first-order valence-corrected chi connectivity index (χ1v) is 13.1. The van der Waals surface area contributed by atoms with Crippen LogP contribution in [0.1, 0.15) is 12.8 Å². The van der Waals surface area contributed by atoms with E-state index in [1.807, 2.05) is 0 Å². The molecule has 2 aromatic rings. The second kappa shape index (κ2) is 9.22. The third-order valence-electron chi connectivity index (χ3n) is 6.42. The number of morpholine rings is 1. The number of aromatic nitrogens is 3. The van der Waals surface area contributed by atoms with Crippen molar-refractivity contribution in [2.24, 2.45) is 0 Å². The van der Waals surface area contributed by atoms with Crippen molar-refractivity contribution >= 4 is 44.3 Å². The number of fused-ring (bicyclic) bond motifs is 2. The molecule has 2 aromatic heterocycles. The van der Waals surface area contributed by atoms with Crippen LogP contribution in [0.15, 0.2) is 12.3 Å². The van der Waals surface area contributed by atoms with E-state index in [1.165, 1.54) is 23.7 Å². The molecule has 5 heterocycles. The van der Waals surface area contributed by atoms with Gasteiger partial charge in [0.1, 0.15) is 11.0 Å². The van der Waals surface area contributed by atoms with Gasteiger partial charge in [-0.1, -0.05) is 11.6 Å².